The third kappa shape index (κ3) is 3.77. The van der Waals surface area contributed by atoms with Crippen molar-refractivity contribution in [1.29, 1.82) is 0 Å². The predicted molar refractivity (Wildman–Crippen MR) is 72.4 cm³/mol. The Morgan fingerprint density at radius 2 is 1.53 bits per heavy atom. The average Bonchev–Trinajstić information content (AvgIpc) is 2.29. The van der Waals surface area contributed by atoms with Gasteiger partial charge in [-0.15, -0.1) is 0 Å². The van der Waals surface area contributed by atoms with Gasteiger partial charge in [0.25, 0.3) is 0 Å². The van der Waals surface area contributed by atoms with Crippen LogP contribution in [0.5, 0.6) is 0 Å². The van der Waals surface area contributed by atoms with E-state index in [4.69, 9.17) is 5.73 Å². The van der Waals surface area contributed by atoms with Crippen molar-refractivity contribution >= 4 is 11.6 Å². The molecule has 1 aliphatic rings. The highest BCUT2D eigenvalue weighted by molar-refractivity contribution is 5.81. The van der Waals surface area contributed by atoms with Gasteiger partial charge in [0.2, 0.25) is 0 Å². The van der Waals surface area contributed by atoms with Crippen molar-refractivity contribution in [2.75, 3.05) is 13.1 Å². The van der Waals surface area contributed by atoms with Crippen molar-refractivity contribution < 1.29 is 0 Å². The second-order valence-electron chi connectivity index (χ2n) is 4.56. The minimum absolute atomic E-state index is 0.665. The molecule has 1 aromatic carbocycles. The number of likely N-dealkylation sites (tertiary alicyclic amines) is 1. The summed E-state index contributed by atoms with van der Waals surface area (Å²) in [7, 11) is 0. The summed E-state index contributed by atoms with van der Waals surface area (Å²) < 4.78 is 0. The van der Waals surface area contributed by atoms with E-state index >= 15 is 0 Å². The van der Waals surface area contributed by atoms with Crippen LogP contribution in [0.25, 0.3) is 0 Å². The van der Waals surface area contributed by atoms with Crippen LogP contribution in [0.3, 0.4) is 0 Å². The summed E-state index contributed by atoms with van der Waals surface area (Å²) in [5.74, 6) is 0.665. The molecule has 0 spiro atoms. The zero-order valence-electron chi connectivity index (χ0n) is 10.3. The molecule has 92 valence electrons. The molecule has 1 aromatic rings. The fourth-order valence-electron chi connectivity index (χ4n) is 2.18. The number of nitrogens with zero attached hydrogens (tertiary/aromatic N) is 2. The molecule has 3 nitrogen and oxygen atoms in total. The van der Waals surface area contributed by atoms with Gasteiger partial charge < -0.3 is 10.6 Å². The van der Waals surface area contributed by atoms with E-state index in [0.717, 1.165) is 18.8 Å². The Labute approximate surface area is 103 Å². The highest BCUT2D eigenvalue weighted by Crippen LogP contribution is 2.13. The number of hydrogen-bond donors (Lipinski definition) is 1. The number of benzene rings is 1. The topological polar surface area (TPSA) is 41.6 Å². The third-order valence-electron chi connectivity index (χ3n) is 3.18. The molecule has 0 radical (unpaired) electrons. The first-order valence-electron chi connectivity index (χ1n) is 6.50. The molecule has 0 atom stereocenters. The van der Waals surface area contributed by atoms with Gasteiger partial charge in [0, 0.05) is 13.1 Å². The molecule has 0 aromatic heterocycles. The average molecular weight is 231 g/mol. The molecule has 2 rings (SSSR count). The van der Waals surface area contributed by atoms with Gasteiger partial charge in [0.1, 0.15) is 0 Å². The van der Waals surface area contributed by atoms with E-state index in [1.54, 1.807) is 0 Å². The van der Waals surface area contributed by atoms with Gasteiger partial charge in [0.05, 0.1) is 5.69 Å². The molecule has 3 heteroatoms. The van der Waals surface area contributed by atoms with Crippen LogP contribution >= 0.6 is 0 Å². The SMILES string of the molecule is NC(=Nc1ccccc1)N1CCCCCCC1. The highest BCUT2D eigenvalue weighted by atomic mass is 15.2. The standard InChI is InChI=1S/C14H21N3/c15-14(16-13-9-5-4-6-10-13)17-11-7-2-1-3-8-12-17/h4-6,9-10H,1-3,7-8,11-12H2,(H2,15,16). The number of nitrogens with two attached hydrogens (primary N) is 1. The molecule has 0 saturated carbocycles. The van der Waals surface area contributed by atoms with Crippen molar-refractivity contribution in [2.24, 2.45) is 10.7 Å². The molecular weight excluding hydrogens is 210 g/mol. The van der Waals surface area contributed by atoms with E-state index in [0.29, 0.717) is 5.96 Å². The van der Waals surface area contributed by atoms with E-state index in [2.05, 4.69) is 9.89 Å². The van der Waals surface area contributed by atoms with E-state index in [1.165, 1.54) is 32.1 Å². The quantitative estimate of drug-likeness (QED) is 0.596. The molecule has 0 aliphatic carbocycles. The molecule has 2 N–H and O–H groups in total. The molecule has 1 fully saturated rings. The minimum Gasteiger partial charge on any atom is -0.369 e. The fraction of sp³-hybridized carbons (Fsp3) is 0.500. The Kier molecular flexibility index (Phi) is 4.42. The summed E-state index contributed by atoms with van der Waals surface area (Å²) in [5, 5.41) is 0. The molecule has 1 saturated heterocycles. The lowest BCUT2D eigenvalue weighted by Gasteiger charge is -2.25. The van der Waals surface area contributed by atoms with Crippen LogP contribution in [0.2, 0.25) is 0 Å². The molecule has 1 aliphatic heterocycles. The molecule has 0 bridgehead atoms. The van der Waals surface area contributed by atoms with E-state index in [-0.39, 0.29) is 0 Å². The van der Waals surface area contributed by atoms with Crippen LogP contribution < -0.4 is 5.73 Å². The fourth-order valence-corrected chi connectivity index (χ4v) is 2.18. The normalized spacial score (nSPS) is 18.6. The summed E-state index contributed by atoms with van der Waals surface area (Å²) >= 11 is 0. The van der Waals surface area contributed by atoms with Crippen LogP contribution in [0.15, 0.2) is 35.3 Å². The Morgan fingerprint density at radius 1 is 0.941 bits per heavy atom. The van der Waals surface area contributed by atoms with Gasteiger partial charge in [-0.1, -0.05) is 37.5 Å². The molecule has 0 unspecified atom stereocenters. The lowest BCUT2D eigenvalue weighted by Crippen LogP contribution is -2.39. The maximum absolute atomic E-state index is 6.08. The van der Waals surface area contributed by atoms with Gasteiger partial charge in [0.15, 0.2) is 5.96 Å². The predicted octanol–water partition coefficient (Wildman–Crippen LogP) is 2.90. The van der Waals surface area contributed by atoms with Crippen LogP contribution in [0.4, 0.5) is 5.69 Å². The van der Waals surface area contributed by atoms with Crippen molar-refractivity contribution in [3.8, 4) is 0 Å². The molecular formula is C14H21N3. The van der Waals surface area contributed by atoms with Crippen molar-refractivity contribution in [3.05, 3.63) is 30.3 Å². The van der Waals surface area contributed by atoms with Gasteiger partial charge in [-0.3, -0.25) is 0 Å². The van der Waals surface area contributed by atoms with E-state index < -0.39 is 0 Å². The maximum Gasteiger partial charge on any atom is 0.196 e. The number of rotatable bonds is 1. The smallest absolute Gasteiger partial charge is 0.196 e. The Morgan fingerprint density at radius 3 is 2.18 bits per heavy atom. The van der Waals surface area contributed by atoms with Gasteiger partial charge in [-0.05, 0) is 25.0 Å². The zero-order valence-corrected chi connectivity index (χ0v) is 10.3. The van der Waals surface area contributed by atoms with Gasteiger partial charge in [-0.25, -0.2) is 4.99 Å². The summed E-state index contributed by atoms with van der Waals surface area (Å²) in [5.41, 5.74) is 7.01. The molecule has 0 amide bonds. The van der Waals surface area contributed by atoms with Crippen LogP contribution in [-0.2, 0) is 0 Å². The third-order valence-corrected chi connectivity index (χ3v) is 3.18. The van der Waals surface area contributed by atoms with Crippen molar-refractivity contribution in [3.63, 3.8) is 0 Å². The minimum atomic E-state index is 0.665. The van der Waals surface area contributed by atoms with Gasteiger partial charge in [-0.2, -0.15) is 0 Å². The van der Waals surface area contributed by atoms with Crippen molar-refractivity contribution in [2.45, 2.75) is 32.1 Å². The Bertz CT molecular complexity index is 351. The Balaban J connectivity index is 2.02. The largest absolute Gasteiger partial charge is 0.369 e. The number of para-hydroxylation sites is 1. The highest BCUT2D eigenvalue weighted by Gasteiger charge is 2.09. The van der Waals surface area contributed by atoms with E-state index in [1.807, 2.05) is 30.3 Å². The summed E-state index contributed by atoms with van der Waals surface area (Å²) in [4.78, 5) is 6.69. The maximum atomic E-state index is 6.08. The number of guanidine groups is 1. The first kappa shape index (κ1) is 12.0. The van der Waals surface area contributed by atoms with E-state index in [9.17, 15) is 0 Å². The zero-order chi connectivity index (χ0) is 11.9. The Hall–Kier alpha value is -1.51. The second kappa shape index (κ2) is 6.28. The van der Waals surface area contributed by atoms with Crippen LogP contribution in [-0.4, -0.2) is 23.9 Å². The van der Waals surface area contributed by atoms with Crippen LogP contribution in [0.1, 0.15) is 32.1 Å². The molecule has 1 heterocycles. The summed E-state index contributed by atoms with van der Waals surface area (Å²) in [6, 6.07) is 9.93. The lowest BCUT2D eigenvalue weighted by molar-refractivity contribution is 0.359. The summed E-state index contributed by atoms with van der Waals surface area (Å²) in [6.07, 6.45) is 6.45. The first-order chi connectivity index (χ1) is 8.36. The summed E-state index contributed by atoms with van der Waals surface area (Å²) in [6.45, 7) is 2.09. The first-order valence-corrected chi connectivity index (χ1v) is 6.50. The number of hydrogen-bond acceptors (Lipinski definition) is 1. The second-order valence-corrected chi connectivity index (χ2v) is 4.56. The number of aliphatic imine (C=N–C) groups is 1. The van der Waals surface area contributed by atoms with Crippen LogP contribution in [0, 0.1) is 0 Å². The molecule has 17 heavy (non-hydrogen) atoms. The van der Waals surface area contributed by atoms with Gasteiger partial charge >= 0.3 is 0 Å². The lowest BCUT2D eigenvalue weighted by atomic mass is 10.1. The van der Waals surface area contributed by atoms with Crippen molar-refractivity contribution in [1.82, 2.24) is 4.90 Å². The monoisotopic (exact) mass is 231 g/mol.